The zero-order chi connectivity index (χ0) is 26.6. The van der Waals surface area contributed by atoms with E-state index >= 15 is 0 Å². The normalized spacial score (nSPS) is 16.5. The molecule has 5 rings (SSSR count). The highest BCUT2D eigenvalue weighted by Crippen LogP contribution is 2.37. The van der Waals surface area contributed by atoms with Gasteiger partial charge < -0.3 is 9.67 Å². The van der Waals surface area contributed by atoms with E-state index in [9.17, 15) is 9.90 Å². The van der Waals surface area contributed by atoms with Gasteiger partial charge in [-0.2, -0.15) is 5.21 Å². The molecule has 2 N–H and O–H groups in total. The average molecular weight is 511 g/mol. The maximum absolute atomic E-state index is 11.8. The van der Waals surface area contributed by atoms with E-state index in [2.05, 4.69) is 76.3 Å². The molecule has 0 bridgehead atoms. The Labute approximate surface area is 222 Å². The molecule has 0 radical (unpaired) electrons. The fourth-order valence-electron chi connectivity index (χ4n) is 5.50. The number of hydrogen-bond donors (Lipinski definition) is 2. The number of hydrogen-bond acceptors (Lipinski definition) is 5. The lowest BCUT2D eigenvalue weighted by Crippen LogP contribution is -2.12. The van der Waals surface area contributed by atoms with Crippen molar-refractivity contribution in [2.45, 2.75) is 59.4 Å². The molecule has 0 spiro atoms. The highest BCUT2D eigenvalue weighted by atomic mass is 16.4. The molecular weight excluding hydrogens is 476 g/mol. The van der Waals surface area contributed by atoms with Crippen LogP contribution >= 0.6 is 0 Å². The summed E-state index contributed by atoms with van der Waals surface area (Å²) in [5, 5.41) is 24.3. The minimum atomic E-state index is -0.898. The zero-order valence-electron chi connectivity index (χ0n) is 22.2. The molecule has 0 saturated carbocycles. The number of imidazole rings is 1. The number of rotatable bonds is 8. The van der Waals surface area contributed by atoms with E-state index in [1.165, 1.54) is 6.08 Å². The number of carboxylic acid groups (broad SMARTS) is 1. The van der Waals surface area contributed by atoms with Gasteiger partial charge in [0, 0.05) is 24.6 Å². The summed E-state index contributed by atoms with van der Waals surface area (Å²) in [7, 11) is 0. The Bertz CT molecular complexity index is 1430. The fourth-order valence-corrected chi connectivity index (χ4v) is 5.50. The van der Waals surface area contributed by atoms with Crippen molar-refractivity contribution in [1.29, 1.82) is 0 Å². The number of H-pyrrole nitrogens is 1. The number of aliphatic carboxylic acids is 1. The lowest BCUT2D eigenvalue weighted by atomic mass is 9.87. The van der Waals surface area contributed by atoms with E-state index in [-0.39, 0.29) is 0 Å². The number of benzene rings is 2. The minimum Gasteiger partial charge on any atom is -0.478 e. The Kier molecular flexibility index (Phi) is 7.49. The summed E-state index contributed by atoms with van der Waals surface area (Å²) in [5.74, 6) is 1.62. The molecule has 2 aromatic carbocycles. The van der Waals surface area contributed by atoms with E-state index in [1.54, 1.807) is 0 Å². The van der Waals surface area contributed by atoms with E-state index in [4.69, 9.17) is 4.98 Å². The number of nitrogens with one attached hydrogen (secondary N) is 1. The second-order valence-corrected chi connectivity index (χ2v) is 10.4. The summed E-state index contributed by atoms with van der Waals surface area (Å²) >= 11 is 0. The van der Waals surface area contributed by atoms with Crippen LogP contribution in [0.25, 0.3) is 28.1 Å². The van der Waals surface area contributed by atoms with Crippen molar-refractivity contribution in [1.82, 2.24) is 30.2 Å². The van der Waals surface area contributed by atoms with Crippen LogP contribution in [0, 0.1) is 11.8 Å². The number of aromatic nitrogens is 6. The Morgan fingerprint density at radius 1 is 1.16 bits per heavy atom. The fraction of sp³-hybridized carbons (Fsp3) is 0.367. The van der Waals surface area contributed by atoms with Crippen LogP contribution in [-0.4, -0.2) is 41.3 Å². The van der Waals surface area contributed by atoms with E-state index in [1.807, 2.05) is 18.2 Å². The third-order valence-electron chi connectivity index (χ3n) is 7.49. The smallest absolute Gasteiger partial charge is 0.328 e. The molecule has 38 heavy (non-hydrogen) atoms. The first kappa shape index (κ1) is 25.6. The highest BCUT2D eigenvalue weighted by molar-refractivity contribution is 5.90. The van der Waals surface area contributed by atoms with Gasteiger partial charge in [-0.05, 0) is 65.0 Å². The summed E-state index contributed by atoms with van der Waals surface area (Å²) in [6.07, 6.45) is 5.92. The van der Waals surface area contributed by atoms with Crippen molar-refractivity contribution >= 4 is 11.5 Å². The lowest BCUT2D eigenvalue weighted by molar-refractivity contribution is -0.131. The van der Waals surface area contributed by atoms with Gasteiger partial charge in [0.1, 0.15) is 5.82 Å². The van der Waals surface area contributed by atoms with Crippen molar-refractivity contribution < 1.29 is 9.90 Å². The molecule has 2 heterocycles. The molecule has 4 aromatic rings. The summed E-state index contributed by atoms with van der Waals surface area (Å²) in [6, 6.07) is 16.5. The van der Waals surface area contributed by atoms with Crippen molar-refractivity contribution in [2.24, 2.45) is 11.8 Å². The van der Waals surface area contributed by atoms with Crippen LogP contribution < -0.4 is 0 Å². The van der Waals surface area contributed by atoms with Crippen molar-refractivity contribution in [3.8, 4) is 22.5 Å². The molecule has 1 atom stereocenters. The molecule has 196 valence electrons. The number of aryl methyl sites for hydroxylation is 2. The average Bonchev–Trinajstić information content (AvgIpc) is 3.51. The van der Waals surface area contributed by atoms with Gasteiger partial charge in [-0.25, -0.2) is 9.78 Å². The molecule has 8 heteroatoms. The summed E-state index contributed by atoms with van der Waals surface area (Å²) < 4.78 is 2.26. The Morgan fingerprint density at radius 2 is 1.92 bits per heavy atom. The first-order valence-electron chi connectivity index (χ1n) is 13.4. The number of carboxylic acids is 1. The van der Waals surface area contributed by atoms with Crippen LogP contribution in [0.2, 0.25) is 0 Å². The molecule has 1 aliphatic rings. The van der Waals surface area contributed by atoms with Gasteiger partial charge in [0.25, 0.3) is 0 Å². The Hall–Kier alpha value is -4.07. The van der Waals surface area contributed by atoms with Crippen LogP contribution in [0.5, 0.6) is 0 Å². The van der Waals surface area contributed by atoms with Crippen molar-refractivity contribution in [2.75, 3.05) is 0 Å². The number of fused-ring (bicyclic) bond motifs is 1. The van der Waals surface area contributed by atoms with Gasteiger partial charge in [0.05, 0.1) is 11.4 Å². The number of nitrogens with zero attached hydrogens (tertiary/aromatic N) is 5. The predicted octanol–water partition coefficient (Wildman–Crippen LogP) is 5.81. The topological polar surface area (TPSA) is 110 Å². The van der Waals surface area contributed by atoms with Gasteiger partial charge in [-0.3, -0.25) is 0 Å². The maximum atomic E-state index is 11.8. The molecule has 0 saturated heterocycles. The van der Waals surface area contributed by atoms with Gasteiger partial charge >= 0.3 is 5.97 Å². The standard InChI is InChI=1S/C30H34N6O2/c1-4-7-27-31-26-15-14-22(19(2)3)16-23(17-28(37)38)29(26)36(27)18-20-10-12-21(13-11-20)24-8-5-6-9-25(24)30-32-34-35-33-30/h5-6,8-13,17,19,22H,4,7,14-16,18H2,1-3H3,(H,37,38)(H,32,33,34,35). The Morgan fingerprint density at radius 3 is 2.58 bits per heavy atom. The van der Waals surface area contributed by atoms with Crippen LogP contribution in [0.1, 0.15) is 62.8 Å². The van der Waals surface area contributed by atoms with Gasteiger partial charge in [0.15, 0.2) is 0 Å². The predicted molar refractivity (Wildman–Crippen MR) is 147 cm³/mol. The second kappa shape index (κ2) is 11.1. The number of tetrazole rings is 1. The summed E-state index contributed by atoms with van der Waals surface area (Å²) in [4.78, 5) is 16.9. The molecule has 1 aliphatic carbocycles. The molecule has 8 nitrogen and oxygen atoms in total. The number of aromatic amines is 1. The molecule has 2 aromatic heterocycles. The molecule has 0 aliphatic heterocycles. The van der Waals surface area contributed by atoms with Crippen molar-refractivity contribution in [3.05, 3.63) is 77.4 Å². The number of carbonyl (C=O) groups is 1. The SMILES string of the molecule is CCCc1nc2c(n1Cc1ccc(-c3ccccc3-c3nn[nH]n3)cc1)C(=CC(=O)O)CC(C(C)C)CC2. The third-order valence-corrected chi connectivity index (χ3v) is 7.49. The van der Waals surface area contributed by atoms with Crippen LogP contribution in [-0.2, 0) is 24.2 Å². The highest BCUT2D eigenvalue weighted by Gasteiger charge is 2.28. The summed E-state index contributed by atoms with van der Waals surface area (Å²) in [6.45, 7) is 7.25. The minimum absolute atomic E-state index is 0.441. The molecule has 0 amide bonds. The van der Waals surface area contributed by atoms with Gasteiger partial charge in [-0.1, -0.05) is 69.3 Å². The first-order valence-corrected chi connectivity index (χ1v) is 13.4. The van der Waals surface area contributed by atoms with Crippen LogP contribution in [0.3, 0.4) is 0 Å². The van der Waals surface area contributed by atoms with E-state index < -0.39 is 5.97 Å². The van der Waals surface area contributed by atoms with Gasteiger partial charge in [-0.15, -0.1) is 10.2 Å². The monoisotopic (exact) mass is 510 g/mol. The largest absolute Gasteiger partial charge is 0.478 e. The molecule has 0 fully saturated rings. The van der Waals surface area contributed by atoms with Crippen LogP contribution in [0.4, 0.5) is 0 Å². The van der Waals surface area contributed by atoms with E-state index in [0.29, 0.717) is 24.2 Å². The number of allylic oxidation sites excluding steroid dienone is 1. The first-order chi connectivity index (χ1) is 18.4. The molecular formula is C30H34N6O2. The molecule has 1 unspecified atom stereocenters. The third kappa shape index (κ3) is 5.30. The van der Waals surface area contributed by atoms with Gasteiger partial charge in [0.2, 0.25) is 5.82 Å². The quantitative estimate of drug-likeness (QED) is 0.229. The van der Waals surface area contributed by atoms with Crippen LogP contribution in [0.15, 0.2) is 54.6 Å². The van der Waals surface area contributed by atoms with E-state index in [0.717, 1.165) is 77.1 Å². The second-order valence-electron chi connectivity index (χ2n) is 10.4. The maximum Gasteiger partial charge on any atom is 0.328 e. The van der Waals surface area contributed by atoms with Crippen molar-refractivity contribution in [3.63, 3.8) is 0 Å². The zero-order valence-corrected chi connectivity index (χ0v) is 22.2. The summed E-state index contributed by atoms with van der Waals surface area (Å²) in [5.41, 5.74) is 7.10. The lowest BCUT2D eigenvalue weighted by Gasteiger charge is -2.20. The Balaban J connectivity index is 1.51.